The molecule has 2 nitrogen and oxygen atoms in total. The number of aliphatic hydroxyl groups excluding tert-OH is 1. The second-order valence-corrected chi connectivity index (χ2v) is 3.54. The highest BCUT2D eigenvalue weighted by molar-refractivity contribution is 5.48. The molecule has 1 aliphatic rings. The maximum atomic E-state index is 9.62. The van der Waals surface area contributed by atoms with Crippen LogP contribution in [0.5, 0.6) is 0 Å². The van der Waals surface area contributed by atoms with Crippen LogP contribution in [0.4, 0.5) is 5.69 Å². The van der Waals surface area contributed by atoms with E-state index in [1.165, 1.54) is 5.56 Å². The maximum Gasteiger partial charge on any atom is 0.0799 e. The standard InChI is InChI=1S/C10H13NO/c1-6-4-10(12)9-5-7(11)2-3-8(6)9/h2-3,5-6,10,12H,4,11H2,1H3. The van der Waals surface area contributed by atoms with Crippen molar-refractivity contribution in [1.29, 1.82) is 0 Å². The van der Waals surface area contributed by atoms with Crippen LogP contribution in [-0.4, -0.2) is 5.11 Å². The number of nitrogens with two attached hydrogens (primary N) is 1. The van der Waals surface area contributed by atoms with Gasteiger partial charge in [-0.05, 0) is 35.6 Å². The van der Waals surface area contributed by atoms with E-state index in [1.807, 2.05) is 18.2 Å². The highest BCUT2D eigenvalue weighted by Gasteiger charge is 2.26. The van der Waals surface area contributed by atoms with Gasteiger partial charge in [-0.3, -0.25) is 0 Å². The highest BCUT2D eigenvalue weighted by Crippen LogP contribution is 2.40. The molecule has 2 rings (SSSR count). The monoisotopic (exact) mass is 163 g/mol. The van der Waals surface area contributed by atoms with E-state index in [4.69, 9.17) is 5.73 Å². The molecular formula is C10H13NO. The maximum absolute atomic E-state index is 9.62. The van der Waals surface area contributed by atoms with Crippen LogP contribution in [0.25, 0.3) is 0 Å². The largest absolute Gasteiger partial charge is 0.399 e. The first-order chi connectivity index (χ1) is 5.68. The van der Waals surface area contributed by atoms with E-state index < -0.39 is 0 Å². The number of rotatable bonds is 0. The topological polar surface area (TPSA) is 46.2 Å². The van der Waals surface area contributed by atoms with E-state index in [0.29, 0.717) is 5.92 Å². The molecule has 0 heterocycles. The summed E-state index contributed by atoms with van der Waals surface area (Å²) < 4.78 is 0. The van der Waals surface area contributed by atoms with Gasteiger partial charge in [0.15, 0.2) is 0 Å². The predicted octanol–water partition coefficient (Wildman–Crippen LogP) is 1.81. The van der Waals surface area contributed by atoms with Crippen molar-refractivity contribution in [1.82, 2.24) is 0 Å². The van der Waals surface area contributed by atoms with Crippen molar-refractivity contribution < 1.29 is 5.11 Å². The molecule has 2 atom stereocenters. The van der Waals surface area contributed by atoms with Crippen molar-refractivity contribution >= 4 is 5.69 Å². The van der Waals surface area contributed by atoms with E-state index in [1.54, 1.807) is 0 Å². The van der Waals surface area contributed by atoms with Crippen LogP contribution in [0.2, 0.25) is 0 Å². The highest BCUT2D eigenvalue weighted by atomic mass is 16.3. The Morgan fingerprint density at radius 3 is 2.92 bits per heavy atom. The third kappa shape index (κ3) is 0.994. The lowest BCUT2D eigenvalue weighted by Crippen LogP contribution is -1.92. The Labute approximate surface area is 72.0 Å². The molecule has 0 saturated carbocycles. The molecule has 0 saturated heterocycles. The Morgan fingerprint density at radius 2 is 2.17 bits per heavy atom. The van der Waals surface area contributed by atoms with Gasteiger partial charge in [0.25, 0.3) is 0 Å². The van der Waals surface area contributed by atoms with Gasteiger partial charge < -0.3 is 10.8 Å². The Kier molecular flexibility index (Phi) is 1.58. The fourth-order valence-corrected chi connectivity index (χ4v) is 1.92. The van der Waals surface area contributed by atoms with Crippen molar-refractivity contribution in [2.75, 3.05) is 5.73 Å². The summed E-state index contributed by atoms with van der Waals surface area (Å²) >= 11 is 0. The summed E-state index contributed by atoms with van der Waals surface area (Å²) in [6, 6.07) is 5.79. The molecule has 0 amide bonds. The molecule has 64 valence electrons. The lowest BCUT2D eigenvalue weighted by molar-refractivity contribution is 0.174. The van der Waals surface area contributed by atoms with Crippen molar-refractivity contribution in [2.24, 2.45) is 0 Å². The second kappa shape index (κ2) is 2.49. The first kappa shape index (κ1) is 7.62. The van der Waals surface area contributed by atoms with E-state index in [-0.39, 0.29) is 6.10 Å². The van der Waals surface area contributed by atoms with Crippen LogP contribution in [0.3, 0.4) is 0 Å². The summed E-state index contributed by atoms with van der Waals surface area (Å²) in [4.78, 5) is 0. The van der Waals surface area contributed by atoms with E-state index in [9.17, 15) is 5.11 Å². The van der Waals surface area contributed by atoms with Crippen LogP contribution in [0.15, 0.2) is 18.2 Å². The van der Waals surface area contributed by atoms with Gasteiger partial charge in [-0.15, -0.1) is 0 Å². The molecule has 0 aliphatic heterocycles. The summed E-state index contributed by atoms with van der Waals surface area (Å²) in [5.74, 6) is 0.468. The zero-order valence-electron chi connectivity index (χ0n) is 7.12. The Hall–Kier alpha value is -1.02. The number of nitrogen functional groups attached to an aromatic ring is 1. The van der Waals surface area contributed by atoms with Gasteiger partial charge in [0.2, 0.25) is 0 Å². The Morgan fingerprint density at radius 1 is 1.42 bits per heavy atom. The molecule has 12 heavy (non-hydrogen) atoms. The lowest BCUT2D eigenvalue weighted by Gasteiger charge is -2.04. The first-order valence-corrected chi connectivity index (χ1v) is 4.26. The third-order valence-corrected chi connectivity index (χ3v) is 2.58. The van der Waals surface area contributed by atoms with Crippen molar-refractivity contribution in [3.05, 3.63) is 29.3 Å². The minimum Gasteiger partial charge on any atom is -0.399 e. The Balaban J connectivity index is 2.53. The zero-order valence-corrected chi connectivity index (χ0v) is 7.12. The summed E-state index contributed by atoms with van der Waals surface area (Å²) in [5.41, 5.74) is 8.63. The molecule has 0 aromatic heterocycles. The molecule has 2 unspecified atom stereocenters. The average molecular weight is 163 g/mol. The molecule has 1 aliphatic carbocycles. The normalized spacial score (nSPS) is 27.2. The second-order valence-electron chi connectivity index (χ2n) is 3.54. The number of benzene rings is 1. The fraction of sp³-hybridized carbons (Fsp3) is 0.400. The molecule has 0 spiro atoms. The summed E-state index contributed by atoms with van der Waals surface area (Å²) in [6.45, 7) is 2.13. The number of hydrogen-bond acceptors (Lipinski definition) is 2. The van der Waals surface area contributed by atoms with Gasteiger partial charge in [0.1, 0.15) is 0 Å². The SMILES string of the molecule is CC1CC(O)c2cc(N)ccc21. The number of fused-ring (bicyclic) bond motifs is 1. The van der Waals surface area contributed by atoms with Gasteiger partial charge in [0, 0.05) is 5.69 Å². The van der Waals surface area contributed by atoms with E-state index in [0.717, 1.165) is 17.7 Å². The van der Waals surface area contributed by atoms with Gasteiger partial charge in [-0.25, -0.2) is 0 Å². The van der Waals surface area contributed by atoms with Gasteiger partial charge >= 0.3 is 0 Å². The lowest BCUT2D eigenvalue weighted by atomic mass is 10.0. The van der Waals surface area contributed by atoms with E-state index >= 15 is 0 Å². The van der Waals surface area contributed by atoms with E-state index in [2.05, 4.69) is 6.92 Å². The molecule has 1 aromatic rings. The van der Waals surface area contributed by atoms with Gasteiger partial charge in [-0.1, -0.05) is 13.0 Å². The molecule has 0 fully saturated rings. The smallest absolute Gasteiger partial charge is 0.0799 e. The zero-order chi connectivity index (χ0) is 8.72. The average Bonchev–Trinajstić information content (AvgIpc) is 2.28. The van der Waals surface area contributed by atoms with Crippen LogP contribution >= 0.6 is 0 Å². The van der Waals surface area contributed by atoms with Gasteiger partial charge in [0.05, 0.1) is 6.10 Å². The van der Waals surface area contributed by atoms with Crippen LogP contribution in [0, 0.1) is 0 Å². The molecule has 2 heteroatoms. The molecular weight excluding hydrogens is 150 g/mol. The molecule has 3 N–H and O–H groups in total. The molecule has 0 bridgehead atoms. The minimum absolute atomic E-state index is 0.307. The van der Waals surface area contributed by atoms with Crippen molar-refractivity contribution in [3.8, 4) is 0 Å². The van der Waals surface area contributed by atoms with Crippen LogP contribution < -0.4 is 5.73 Å². The first-order valence-electron chi connectivity index (χ1n) is 4.26. The minimum atomic E-state index is -0.307. The summed E-state index contributed by atoms with van der Waals surface area (Å²) in [5, 5.41) is 9.62. The quantitative estimate of drug-likeness (QED) is 0.573. The Bertz CT molecular complexity index is 309. The van der Waals surface area contributed by atoms with Crippen LogP contribution in [0.1, 0.15) is 36.5 Å². The molecule has 1 aromatic carbocycles. The fourth-order valence-electron chi connectivity index (χ4n) is 1.92. The summed E-state index contributed by atoms with van der Waals surface area (Å²) in [6.07, 6.45) is 0.525. The number of aliphatic hydroxyl groups is 1. The number of anilines is 1. The number of hydrogen-bond donors (Lipinski definition) is 2. The van der Waals surface area contributed by atoms with Gasteiger partial charge in [-0.2, -0.15) is 0 Å². The van der Waals surface area contributed by atoms with Crippen LogP contribution in [-0.2, 0) is 0 Å². The van der Waals surface area contributed by atoms with Crippen molar-refractivity contribution in [3.63, 3.8) is 0 Å². The van der Waals surface area contributed by atoms with Crippen molar-refractivity contribution in [2.45, 2.75) is 25.4 Å². The predicted molar refractivity (Wildman–Crippen MR) is 48.8 cm³/mol. The summed E-state index contributed by atoms with van der Waals surface area (Å²) in [7, 11) is 0. The third-order valence-electron chi connectivity index (χ3n) is 2.58. The molecule has 0 radical (unpaired) electrons.